The third-order valence-electron chi connectivity index (χ3n) is 4.24. The van der Waals surface area contributed by atoms with Crippen LogP contribution in [0.15, 0.2) is 59.6 Å². The molecule has 0 aliphatic heterocycles. The summed E-state index contributed by atoms with van der Waals surface area (Å²) in [5.41, 5.74) is 3.39. The highest BCUT2D eigenvalue weighted by Crippen LogP contribution is 2.22. The van der Waals surface area contributed by atoms with Crippen LogP contribution in [0.5, 0.6) is 0 Å². The SMILES string of the molecule is Cc1ncc(-c2ccc(S(=O)(=O)C(C)C)cc2)nc1C#Cc1ccccc1Cl.[HH]. The number of aromatic nitrogens is 2. The summed E-state index contributed by atoms with van der Waals surface area (Å²) < 4.78 is 24.5. The van der Waals surface area contributed by atoms with Crippen LogP contribution >= 0.6 is 11.6 Å². The molecular weight excluding hydrogens is 392 g/mol. The smallest absolute Gasteiger partial charge is 0.180 e. The molecule has 3 aromatic rings. The topological polar surface area (TPSA) is 59.9 Å². The lowest BCUT2D eigenvalue weighted by molar-refractivity contribution is 0.587. The Hall–Kier alpha value is -2.68. The minimum atomic E-state index is -3.30. The molecule has 0 atom stereocenters. The molecule has 0 saturated heterocycles. The number of nitrogens with zero attached hydrogens (tertiary/aromatic N) is 2. The molecule has 0 unspecified atom stereocenters. The maximum atomic E-state index is 12.3. The van der Waals surface area contributed by atoms with Gasteiger partial charge in [-0.1, -0.05) is 41.8 Å². The molecule has 144 valence electrons. The van der Waals surface area contributed by atoms with Gasteiger partial charge in [0.05, 0.1) is 32.8 Å². The van der Waals surface area contributed by atoms with Crippen LogP contribution in [0.4, 0.5) is 0 Å². The fraction of sp³-hybridized carbons (Fsp3) is 0.182. The summed E-state index contributed by atoms with van der Waals surface area (Å²) >= 11 is 6.14. The van der Waals surface area contributed by atoms with Crippen molar-refractivity contribution in [1.82, 2.24) is 9.97 Å². The van der Waals surface area contributed by atoms with E-state index in [0.29, 0.717) is 27.0 Å². The Bertz CT molecular complexity index is 1180. The minimum Gasteiger partial charge on any atom is -0.256 e. The van der Waals surface area contributed by atoms with Crippen LogP contribution in [0.25, 0.3) is 11.3 Å². The zero-order valence-electron chi connectivity index (χ0n) is 15.8. The van der Waals surface area contributed by atoms with Crippen molar-refractivity contribution < 1.29 is 9.84 Å². The molecule has 3 rings (SSSR count). The van der Waals surface area contributed by atoms with E-state index in [-0.39, 0.29) is 1.43 Å². The quantitative estimate of drug-likeness (QED) is 0.572. The zero-order chi connectivity index (χ0) is 20.3. The largest absolute Gasteiger partial charge is 0.256 e. The van der Waals surface area contributed by atoms with Crippen LogP contribution in [0, 0.1) is 18.8 Å². The van der Waals surface area contributed by atoms with Crippen LogP contribution in [-0.4, -0.2) is 23.6 Å². The predicted octanol–water partition coefficient (Wildman–Crippen LogP) is 4.93. The molecule has 6 heteroatoms. The molecule has 0 amide bonds. The Labute approximate surface area is 172 Å². The highest BCUT2D eigenvalue weighted by molar-refractivity contribution is 7.92. The molecule has 1 aromatic heterocycles. The molecule has 1 heterocycles. The first-order valence-corrected chi connectivity index (χ1v) is 10.7. The second-order valence-electron chi connectivity index (χ2n) is 6.54. The fourth-order valence-electron chi connectivity index (χ4n) is 2.48. The maximum Gasteiger partial charge on any atom is 0.180 e. The minimum absolute atomic E-state index is 0. The number of hydrogen-bond acceptors (Lipinski definition) is 4. The van der Waals surface area contributed by atoms with Crippen molar-refractivity contribution in [3.63, 3.8) is 0 Å². The van der Waals surface area contributed by atoms with Gasteiger partial charge in [0.2, 0.25) is 0 Å². The number of benzene rings is 2. The first kappa shape index (κ1) is 20.1. The van der Waals surface area contributed by atoms with Gasteiger partial charge in [0.1, 0.15) is 5.69 Å². The van der Waals surface area contributed by atoms with Crippen molar-refractivity contribution in [2.75, 3.05) is 0 Å². The van der Waals surface area contributed by atoms with E-state index < -0.39 is 15.1 Å². The van der Waals surface area contributed by atoms with Gasteiger partial charge in [0, 0.05) is 12.6 Å². The standard InChI is InChI=1S/C22H19ClN2O2S.H2/c1-15(2)28(26,27)19-11-8-18(9-12-19)22-14-24-16(3)21(25-22)13-10-17-6-4-5-7-20(17)23;/h4-9,11-12,14-15H,1-3H3;1H. The summed E-state index contributed by atoms with van der Waals surface area (Å²) in [5.74, 6) is 6.05. The van der Waals surface area contributed by atoms with Crippen molar-refractivity contribution >= 4 is 21.4 Å². The number of aryl methyl sites for hydroxylation is 1. The summed E-state index contributed by atoms with van der Waals surface area (Å²) in [4.78, 5) is 9.26. The van der Waals surface area contributed by atoms with Gasteiger partial charge >= 0.3 is 0 Å². The average Bonchev–Trinajstić information content (AvgIpc) is 2.68. The van der Waals surface area contributed by atoms with E-state index in [1.54, 1.807) is 50.4 Å². The molecule has 0 radical (unpaired) electrons. The lowest BCUT2D eigenvalue weighted by atomic mass is 10.1. The second kappa shape index (κ2) is 8.14. The third-order valence-corrected chi connectivity index (χ3v) is 6.74. The highest BCUT2D eigenvalue weighted by atomic mass is 35.5. The van der Waals surface area contributed by atoms with E-state index in [4.69, 9.17) is 11.6 Å². The summed E-state index contributed by atoms with van der Waals surface area (Å²) in [6.45, 7) is 5.17. The molecule has 0 bridgehead atoms. The zero-order valence-corrected chi connectivity index (χ0v) is 17.3. The van der Waals surface area contributed by atoms with Crippen LogP contribution < -0.4 is 0 Å². The molecule has 28 heavy (non-hydrogen) atoms. The highest BCUT2D eigenvalue weighted by Gasteiger charge is 2.19. The van der Waals surface area contributed by atoms with Gasteiger partial charge in [0.25, 0.3) is 0 Å². The van der Waals surface area contributed by atoms with Gasteiger partial charge in [-0.2, -0.15) is 0 Å². The first-order valence-electron chi connectivity index (χ1n) is 8.73. The van der Waals surface area contributed by atoms with E-state index in [9.17, 15) is 8.42 Å². The summed E-state index contributed by atoms with van der Waals surface area (Å²) in [6, 6.07) is 14.0. The van der Waals surface area contributed by atoms with Crippen LogP contribution in [0.3, 0.4) is 0 Å². The lowest BCUT2D eigenvalue weighted by Crippen LogP contribution is -2.13. The normalized spacial score (nSPS) is 11.2. The molecule has 0 N–H and O–H groups in total. The first-order chi connectivity index (χ1) is 13.3. The molecular formula is C22H21ClN2O2S. The van der Waals surface area contributed by atoms with Crippen molar-refractivity contribution in [1.29, 1.82) is 0 Å². The third kappa shape index (κ3) is 4.24. The average molecular weight is 413 g/mol. The Morgan fingerprint density at radius 3 is 2.36 bits per heavy atom. The van der Waals surface area contributed by atoms with Gasteiger partial charge in [-0.15, -0.1) is 0 Å². The molecule has 0 saturated carbocycles. The fourth-order valence-corrected chi connectivity index (χ4v) is 3.73. The van der Waals surface area contributed by atoms with E-state index in [0.717, 1.165) is 11.1 Å². The van der Waals surface area contributed by atoms with Gasteiger partial charge in [0.15, 0.2) is 9.84 Å². The lowest BCUT2D eigenvalue weighted by Gasteiger charge is -2.09. The summed E-state index contributed by atoms with van der Waals surface area (Å²) in [5, 5.41) is 0.114. The molecule has 0 fully saturated rings. The van der Waals surface area contributed by atoms with Crippen molar-refractivity contribution in [2.24, 2.45) is 0 Å². The Balaban J connectivity index is 0.00000300. The number of hydrogen-bond donors (Lipinski definition) is 0. The van der Waals surface area contributed by atoms with Crippen LogP contribution in [0.1, 0.15) is 32.2 Å². The molecule has 0 aliphatic rings. The van der Waals surface area contributed by atoms with Gasteiger partial charge in [-0.3, -0.25) is 4.98 Å². The molecule has 0 aliphatic carbocycles. The molecule has 4 nitrogen and oxygen atoms in total. The van der Waals surface area contributed by atoms with Gasteiger partial charge in [-0.25, -0.2) is 13.4 Å². The maximum absolute atomic E-state index is 12.3. The molecule has 2 aromatic carbocycles. The Kier molecular flexibility index (Phi) is 5.83. The monoisotopic (exact) mass is 412 g/mol. The molecule has 0 spiro atoms. The second-order valence-corrected chi connectivity index (χ2v) is 9.45. The number of halogens is 1. The van der Waals surface area contributed by atoms with E-state index in [1.165, 1.54) is 0 Å². The van der Waals surface area contributed by atoms with E-state index >= 15 is 0 Å². The Morgan fingerprint density at radius 2 is 1.71 bits per heavy atom. The van der Waals surface area contributed by atoms with Gasteiger partial charge in [-0.05, 0) is 51.0 Å². The number of sulfone groups is 1. The van der Waals surface area contributed by atoms with Crippen molar-refractivity contribution in [3.05, 3.63) is 76.7 Å². The van der Waals surface area contributed by atoms with Crippen LogP contribution in [-0.2, 0) is 9.84 Å². The predicted molar refractivity (Wildman–Crippen MR) is 114 cm³/mol. The Morgan fingerprint density at radius 1 is 1.04 bits per heavy atom. The van der Waals surface area contributed by atoms with E-state index in [1.807, 2.05) is 25.1 Å². The summed E-state index contributed by atoms with van der Waals surface area (Å²) in [6.07, 6.45) is 1.65. The summed E-state index contributed by atoms with van der Waals surface area (Å²) in [7, 11) is -3.30. The van der Waals surface area contributed by atoms with Crippen molar-refractivity contribution in [3.8, 4) is 23.1 Å². The number of rotatable bonds is 3. The van der Waals surface area contributed by atoms with Gasteiger partial charge < -0.3 is 0 Å². The van der Waals surface area contributed by atoms with Crippen LogP contribution in [0.2, 0.25) is 5.02 Å². The van der Waals surface area contributed by atoms with Crippen molar-refractivity contribution in [2.45, 2.75) is 30.9 Å². The van der Waals surface area contributed by atoms with E-state index in [2.05, 4.69) is 21.8 Å².